The van der Waals surface area contributed by atoms with Gasteiger partial charge in [-0.05, 0) is 86.2 Å². The van der Waals surface area contributed by atoms with Gasteiger partial charge in [0.2, 0.25) is 5.91 Å². The van der Waals surface area contributed by atoms with E-state index in [2.05, 4.69) is 45.0 Å². The fraction of sp³-hybridized carbons (Fsp3) is 0.258. The minimum absolute atomic E-state index is 0.102. The summed E-state index contributed by atoms with van der Waals surface area (Å²) in [5.41, 5.74) is 6.14. The number of amides is 1. The monoisotopic (exact) mass is 607 g/mol. The normalized spacial score (nSPS) is 16.7. The second kappa shape index (κ2) is 11.7. The summed E-state index contributed by atoms with van der Waals surface area (Å²) >= 11 is 19.0. The van der Waals surface area contributed by atoms with Crippen LogP contribution in [0.1, 0.15) is 48.6 Å². The molecule has 0 radical (unpaired) electrons. The number of pyridine rings is 1. The Morgan fingerprint density at radius 3 is 2.54 bits per heavy atom. The molecule has 1 amide bonds. The molecule has 10 heteroatoms. The van der Waals surface area contributed by atoms with Gasteiger partial charge >= 0.3 is 0 Å². The highest BCUT2D eigenvalue weighted by Crippen LogP contribution is 2.45. The summed E-state index contributed by atoms with van der Waals surface area (Å²) < 4.78 is 7.83. The highest BCUT2D eigenvalue weighted by Gasteiger charge is 2.42. The van der Waals surface area contributed by atoms with Crippen molar-refractivity contribution < 1.29 is 9.53 Å². The van der Waals surface area contributed by atoms with Crippen molar-refractivity contribution in [1.29, 1.82) is 0 Å². The van der Waals surface area contributed by atoms with Crippen molar-refractivity contribution in [3.05, 3.63) is 99.6 Å². The maximum atomic E-state index is 12.3. The van der Waals surface area contributed by atoms with Gasteiger partial charge in [0.25, 0.3) is 0 Å². The molecule has 1 saturated heterocycles. The summed E-state index contributed by atoms with van der Waals surface area (Å²) in [4.78, 5) is 19.0. The third-order valence-electron chi connectivity index (χ3n) is 7.28. The number of aryl methyl sites for hydroxylation is 1. The van der Waals surface area contributed by atoms with E-state index in [-0.39, 0.29) is 23.9 Å². The Bertz CT molecular complexity index is 1620. The van der Waals surface area contributed by atoms with Crippen molar-refractivity contribution in [2.75, 3.05) is 17.3 Å². The van der Waals surface area contributed by atoms with E-state index in [1.54, 1.807) is 13.3 Å². The maximum absolute atomic E-state index is 12.3. The Morgan fingerprint density at radius 1 is 1.10 bits per heavy atom. The first-order chi connectivity index (χ1) is 19.6. The number of aromatic nitrogens is 2. The van der Waals surface area contributed by atoms with Gasteiger partial charge < -0.3 is 24.8 Å². The number of hydrogen-bond donors (Lipinski definition) is 2. The Hall–Kier alpha value is -3.59. The Kier molecular flexibility index (Phi) is 8.27. The predicted octanol–water partition coefficient (Wildman–Crippen LogP) is 7.58. The molecular weight excluding hydrogens is 577 g/mol. The molecule has 2 aromatic carbocycles. The Labute approximate surface area is 255 Å². The van der Waals surface area contributed by atoms with Crippen LogP contribution in [0, 0.1) is 19.8 Å². The fourth-order valence-electron chi connectivity index (χ4n) is 5.28. The molecule has 2 N–H and O–H groups in total. The van der Waals surface area contributed by atoms with E-state index in [1.807, 2.05) is 68.4 Å². The molecule has 0 spiro atoms. The van der Waals surface area contributed by atoms with Gasteiger partial charge in [0.05, 0.1) is 41.3 Å². The van der Waals surface area contributed by atoms with Crippen molar-refractivity contribution in [3.8, 4) is 11.4 Å². The van der Waals surface area contributed by atoms with Crippen LogP contribution in [0.2, 0.25) is 10.0 Å². The lowest BCUT2D eigenvalue weighted by Gasteiger charge is -2.28. The quantitative estimate of drug-likeness (QED) is 0.211. The van der Waals surface area contributed by atoms with Crippen LogP contribution in [0.4, 0.5) is 11.4 Å². The van der Waals surface area contributed by atoms with Crippen molar-refractivity contribution in [2.24, 2.45) is 5.92 Å². The number of anilines is 2. The number of carbonyl (C=O) groups excluding carboxylic acids is 1. The van der Waals surface area contributed by atoms with E-state index in [0.717, 1.165) is 34.0 Å². The van der Waals surface area contributed by atoms with Gasteiger partial charge in [0.1, 0.15) is 5.75 Å². The van der Waals surface area contributed by atoms with Crippen LogP contribution < -0.4 is 20.3 Å². The van der Waals surface area contributed by atoms with Gasteiger partial charge in [0, 0.05) is 34.2 Å². The predicted molar refractivity (Wildman–Crippen MR) is 170 cm³/mol. The van der Waals surface area contributed by atoms with E-state index in [0.29, 0.717) is 26.6 Å². The molecule has 5 rings (SSSR count). The molecule has 0 unspecified atom stereocenters. The molecule has 41 heavy (non-hydrogen) atoms. The van der Waals surface area contributed by atoms with E-state index < -0.39 is 0 Å². The first-order valence-corrected chi connectivity index (χ1v) is 14.4. The average Bonchev–Trinajstić information content (AvgIpc) is 3.44. The second-order valence-corrected chi connectivity index (χ2v) is 11.5. The molecule has 1 fully saturated rings. The first kappa shape index (κ1) is 28.9. The van der Waals surface area contributed by atoms with Gasteiger partial charge in [-0.3, -0.25) is 9.78 Å². The number of methoxy groups -OCH3 is 1. The van der Waals surface area contributed by atoms with E-state index in [1.165, 1.54) is 0 Å². The number of halogens is 2. The summed E-state index contributed by atoms with van der Waals surface area (Å²) in [5.74, 6) is 0.444. The summed E-state index contributed by atoms with van der Waals surface area (Å²) in [6.07, 6.45) is 1.78. The lowest BCUT2D eigenvalue weighted by atomic mass is 9.96. The van der Waals surface area contributed by atoms with Gasteiger partial charge in [-0.25, -0.2) is 0 Å². The fourth-order valence-corrected chi connectivity index (χ4v) is 6.01. The van der Waals surface area contributed by atoms with Crippen LogP contribution in [-0.2, 0) is 4.79 Å². The topological polar surface area (TPSA) is 71.4 Å². The largest absolute Gasteiger partial charge is 0.495 e. The molecule has 212 valence electrons. The minimum atomic E-state index is -0.255. The third-order valence-corrected chi connectivity index (χ3v) is 8.14. The summed E-state index contributed by atoms with van der Waals surface area (Å²) in [6, 6.07) is 18.7. The number of thiocarbonyl (C=S) groups is 1. The zero-order chi connectivity index (χ0) is 29.4. The SMILES string of the molecule is COc1ccc(Cl)cc1-n1c(C)cc([C@@H]2[C@@H](c3ccccn3)NC(=S)N2c2ccc(NC(=O)C(C)C)c(Cl)c2)c1C. The number of ether oxygens (including phenoxy) is 1. The lowest BCUT2D eigenvalue weighted by Crippen LogP contribution is -2.29. The molecule has 0 bridgehead atoms. The number of nitrogens with one attached hydrogen (secondary N) is 2. The number of hydrogen-bond acceptors (Lipinski definition) is 4. The van der Waals surface area contributed by atoms with Gasteiger partial charge in [-0.1, -0.05) is 43.1 Å². The van der Waals surface area contributed by atoms with Crippen LogP contribution in [0.25, 0.3) is 5.69 Å². The van der Waals surface area contributed by atoms with E-state index in [9.17, 15) is 4.79 Å². The number of rotatable bonds is 7. The van der Waals surface area contributed by atoms with Crippen LogP contribution in [0.5, 0.6) is 5.75 Å². The second-order valence-electron chi connectivity index (χ2n) is 10.3. The van der Waals surface area contributed by atoms with E-state index >= 15 is 0 Å². The smallest absolute Gasteiger partial charge is 0.226 e. The van der Waals surface area contributed by atoms with Crippen LogP contribution >= 0.6 is 35.4 Å². The van der Waals surface area contributed by atoms with Gasteiger partial charge in [-0.15, -0.1) is 0 Å². The molecule has 1 aliphatic heterocycles. The first-order valence-electron chi connectivity index (χ1n) is 13.2. The maximum Gasteiger partial charge on any atom is 0.226 e. The van der Waals surface area contributed by atoms with Crippen molar-refractivity contribution in [1.82, 2.24) is 14.9 Å². The highest BCUT2D eigenvalue weighted by atomic mass is 35.5. The van der Waals surface area contributed by atoms with Crippen LogP contribution in [0.3, 0.4) is 0 Å². The molecule has 7 nitrogen and oxygen atoms in total. The molecule has 0 saturated carbocycles. The van der Waals surface area contributed by atoms with E-state index in [4.69, 9.17) is 40.2 Å². The molecule has 2 atom stereocenters. The van der Waals surface area contributed by atoms with Crippen LogP contribution in [-0.4, -0.2) is 27.7 Å². The highest BCUT2D eigenvalue weighted by molar-refractivity contribution is 7.80. The van der Waals surface area contributed by atoms with Crippen LogP contribution in [0.15, 0.2) is 66.9 Å². The van der Waals surface area contributed by atoms with Crippen molar-refractivity contribution in [3.63, 3.8) is 0 Å². The summed E-state index contributed by atoms with van der Waals surface area (Å²) in [5, 5.41) is 7.99. The standard InChI is InChI=1S/C31H31Cl2N5O2S/c1-17(2)30(39)35-24-11-10-21(16-23(24)33)38-29(28(36-31(38)41)25-8-6-7-13-34-25)22-14-18(3)37(19(22)4)26-15-20(32)9-12-27(26)40-5/h6-17,28-29H,1-5H3,(H,35,39)(H,36,41)/t28-,29-/m1/s1. The Morgan fingerprint density at radius 2 is 1.88 bits per heavy atom. The molecule has 3 heterocycles. The summed E-state index contributed by atoms with van der Waals surface area (Å²) in [7, 11) is 1.65. The molecule has 2 aromatic heterocycles. The van der Waals surface area contributed by atoms with Gasteiger partial charge in [-0.2, -0.15) is 0 Å². The number of nitrogens with zero attached hydrogens (tertiary/aromatic N) is 3. The summed E-state index contributed by atoms with van der Waals surface area (Å²) in [6.45, 7) is 7.81. The molecule has 0 aliphatic carbocycles. The molecular formula is C31H31Cl2N5O2S. The average molecular weight is 609 g/mol. The number of carbonyl (C=O) groups is 1. The zero-order valence-corrected chi connectivity index (χ0v) is 25.7. The van der Waals surface area contributed by atoms with Crippen molar-refractivity contribution in [2.45, 2.75) is 39.8 Å². The molecule has 1 aliphatic rings. The number of benzene rings is 2. The third kappa shape index (κ3) is 5.52. The zero-order valence-electron chi connectivity index (χ0n) is 23.4. The molecule has 4 aromatic rings. The minimum Gasteiger partial charge on any atom is -0.495 e. The Balaban J connectivity index is 1.64. The van der Waals surface area contributed by atoms with Gasteiger partial charge in [0.15, 0.2) is 5.11 Å². The lowest BCUT2D eigenvalue weighted by molar-refractivity contribution is -0.118. The van der Waals surface area contributed by atoms with Crippen molar-refractivity contribution >= 4 is 57.8 Å².